The third-order valence-corrected chi connectivity index (χ3v) is 3.22. The van der Waals surface area contributed by atoms with Crippen LogP contribution in [0.15, 0.2) is 24.3 Å². The molecule has 0 saturated heterocycles. The van der Waals surface area contributed by atoms with Crippen molar-refractivity contribution < 1.29 is 4.74 Å². The van der Waals surface area contributed by atoms with Crippen LogP contribution in [0.1, 0.15) is 36.8 Å². The standard InChI is InChI=1S/C14H17NO/c15-9-13-7-3-4-8-14(13)11-16-10-12-5-1-2-6-12/h3-4,7-8,12H,1-2,5-6,10-11H2. The average Bonchev–Trinajstić information content (AvgIpc) is 2.83. The van der Waals surface area contributed by atoms with Crippen molar-refractivity contribution in [2.75, 3.05) is 6.61 Å². The highest BCUT2D eigenvalue weighted by atomic mass is 16.5. The van der Waals surface area contributed by atoms with Crippen LogP contribution in [-0.4, -0.2) is 6.61 Å². The lowest BCUT2D eigenvalue weighted by Crippen LogP contribution is -2.06. The summed E-state index contributed by atoms with van der Waals surface area (Å²) in [6.45, 7) is 1.42. The van der Waals surface area contributed by atoms with Gasteiger partial charge in [-0.3, -0.25) is 0 Å². The Morgan fingerprint density at radius 2 is 2.00 bits per heavy atom. The second kappa shape index (κ2) is 5.67. The number of ether oxygens (including phenoxy) is 1. The second-order valence-corrected chi connectivity index (χ2v) is 4.43. The van der Waals surface area contributed by atoms with Gasteiger partial charge in [0.2, 0.25) is 0 Å². The van der Waals surface area contributed by atoms with Crippen molar-refractivity contribution in [1.29, 1.82) is 5.26 Å². The summed E-state index contributed by atoms with van der Waals surface area (Å²) in [5.74, 6) is 0.745. The van der Waals surface area contributed by atoms with Crippen molar-refractivity contribution in [2.24, 2.45) is 5.92 Å². The molecule has 1 aliphatic rings. The highest BCUT2D eigenvalue weighted by Gasteiger charge is 2.14. The first kappa shape index (κ1) is 11.2. The molecular weight excluding hydrogens is 198 g/mol. The smallest absolute Gasteiger partial charge is 0.0995 e. The molecule has 0 aromatic heterocycles. The van der Waals surface area contributed by atoms with Gasteiger partial charge in [-0.2, -0.15) is 5.26 Å². The van der Waals surface area contributed by atoms with Crippen LogP contribution in [0.4, 0.5) is 0 Å². The molecule has 0 N–H and O–H groups in total. The molecule has 84 valence electrons. The van der Waals surface area contributed by atoms with Gasteiger partial charge in [-0.05, 0) is 30.4 Å². The summed E-state index contributed by atoms with van der Waals surface area (Å²) in [7, 11) is 0. The van der Waals surface area contributed by atoms with E-state index in [9.17, 15) is 0 Å². The summed E-state index contributed by atoms with van der Waals surface area (Å²) >= 11 is 0. The Hall–Kier alpha value is -1.33. The molecule has 0 amide bonds. The molecule has 1 aliphatic carbocycles. The molecule has 0 atom stereocenters. The summed E-state index contributed by atoms with van der Waals surface area (Å²) in [4.78, 5) is 0. The van der Waals surface area contributed by atoms with E-state index in [4.69, 9.17) is 10.00 Å². The zero-order chi connectivity index (χ0) is 11.2. The second-order valence-electron chi connectivity index (χ2n) is 4.43. The number of nitriles is 1. The maximum atomic E-state index is 8.92. The molecule has 1 aromatic rings. The maximum absolute atomic E-state index is 8.92. The van der Waals surface area contributed by atoms with E-state index in [-0.39, 0.29) is 0 Å². The van der Waals surface area contributed by atoms with Crippen LogP contribution in [0.5, 0.6) is 0 Å². The van der Waals surface area contributed by atoms with E-state index in [2.05, 4.69) is 6.07 Å². The van der Waals surface area contributed by atoms with E-state index >= 15 is 0 Å². The monoisotopic (exact) mass is 215 g/mol. The van der Waals surface area contributed by atoms with Gasteiger partial charge in [0.25, 0.3) is 0 Å². The van der Waals surface area contributed by atoms with Gasteiger partial charge in [0.1, 0.15) is 0 Å². The van der Waals surface area contributed by atoms with Crippen molar-refractivity contribution in [2.45, 2.75) is 32.3 Å². The Bertz CT molecular complexity index is 375. The summed E-state index contributed by atoms with van der Waals surface area (Å²) in [6.07, 6.45) is 5.31. The quantitative estimate of drug-likeness (QED) is 0.772. The van der Waals surface area contributed by atoms with Crippen LogP contribution in [0.2, 0.25) is 0 Å². The molecule has 1 aromatic carbocycles. The first-order chi connectivity index (χ1) is 7.90. The molecule has 1 fully saturated rings. The van der Waals surface area contributed by atoms with E-state index in [1.807, 2.05) is 24.3 Å². The molecule has 0 heterocycles. The van der Waals surface area contributed by atoms with Gasteiger partial charge in [-0.25, -0.2) is 0 Å². The van der Waals surface area contributed by atoms with Crippen molar-refractivity contribution in [3.05, 3.63) is 35.4 Å². The molecule has 0 bridgehead atoms. The Morgan fingerprint density at radius 3 is 2.75 bits per heavy atom. The number of benzene rings is 1. The van der Waals surface area contributed by atoms with E-state index in [0.717, 1.165) is 23.7 Å². The van der Waals surface area contributed by atoms with E-state index in [1.165, 1.54) is 25.7 Å². The van der Waals surface area contributed by atoms with Gasteiger partial charge < -0.3 is 4.74 Å². The van der Waals surface area contributed by atoms with Crippen LogP contribution in [0, 0.1) is 17.2 Å². The fraction of sp³-hybridized carbons (Fsp3) is 0.500. The Labute approximate surface area is 96.9 Å². The molecule has 2 rings (SSSR count). The predicted octanol–water partition coefficient (Wildman–Crippen LogP) is 3.27. The van der Waals surface area contributed by atoms with Gasteiger partial charge in [0.05, 0.1) is 18.2 Å². The molecule has 2 nitrogen and oxygen atoms in total. The lowest BCUT2D eigenvalue weighted by Gasteiger charge is -2.10. The van der Waals surface area contributed by atoms with Gasteiger partial charge in [-0.1, -0.05) is 31.0 Å². The van der Waals surface area contributed by atoms with Crippen molar-refractivity contribution in [3.8, 4) is 6.07 Å². The fourth-order valence-electron chi connectivity index (χ4n) is 2.27. The molecule has 2 heteroatoms. The number of hydrogen-bond acceptors (Lipinski definition) is 2. The predicted molar refractivity (Wildman–Crippen MR) is 62.8 cm³/mol. The SMILES string of the molecule is N#Cc1ccccc1COCC1CCCC1. The van der Waals surface area contributed by atoms with Gasteiger partial charge >= 0.3 is 0 Å². The normalized spacial score (nSPS) is 16.2. The lowest BCUT2D eigenvalue weighted by atomic mass is 10.1. The fourth-order valence-corrected chi connectivity index (χ4v) is 2.27. The summed E-state index contributed by atoms with van der Waals surface area (Å²) in [5, 5.41) is 8.92. The summed E-state index contributed by atoms with van der Waals surface area (Å²) in [5.41, 5.74) is 1.73. The highest BCUT2D eigenvalue weighted by Crippen LogP contribution is 2.25. The molecule has 0 aliphatic heterocycles. The van der Waals surface area contributed by atoms with Crippen LogP contribution < -0.4 is 0 Å². The maximum Gasteiger partial charge on any atom is 0.0995 e. The summed E-state index contributed by atoms with van der Waals surface area (Å²) < 4.78 is 5.70. The zero-order valence-corrected chi connectivity index (χ0v) is 9.48. The summed E-state index contributed by atoms with van der Waals surface area (Å²) in [6, 6.07) is 9.84. The largest absolute Gasteiger partial charge is 0.376 e. The first-order valence-electron chi connectivity index (χ1n) is 5.96. The molecule has 0 spiro atoms. The van der Waals surface area contributed by atoms with Crippen molar-refractivity contribution in [3.63, 3.8) is 0 Å². The minimum Gasteiger partial charge on any atom is -0.376 e. The van der Waals surface area contributed by atoms with E-state index < -0.39 is 0 Å². The topological polar surface area (TPSA) is 33.0 Å². The van der Waals surface area contributed by atoms with Gasteiger partial charge in [-0.15, -0.1) is 0 Å². The Kier molecular flexibility index (Phi) is 3.96. The molecular formula is C14H17NO. The molecule has 1 saturated carbocycles. The van der Waals surface area contributed by atoms with Crippen molar-refractivity contribution in [1.82, 2.24) is 0 Å². The highest BCUT2D eigenvalue weighted by molar-refractivity contribution is 5.36. The number of nitrogens with zero attached hydrogens (tertiary/aromatic N) is 1. The minimum atomic E-state index is 0.570. The van der Waals surface area contributed by atoms with Gasteiger partial charge in [0, 0.05) is 6.61 Å². The number of hydrogen-bond donors (Lipinski definition) is 0. The first-order valence-corrected chi connectivity index (χ1v) is 5.96. The minimum absolute atomic E-state index is 0.570. The van der Waals surface area contributed by atoms with Crippen LogP contribution in [-0.2, 0) is 11.3 Å². The molecule has 0 unspecified atom stereocenters. The van der Waals surface area contributed by atoms with Crippen LogP contribution in [0.25, 0.3) is 0 Å². The Balaban J connectivity index is 1.82. The lowest BCUT2D eigenvalue weighted by molar-refractivity contribution is 0.0887. The zero-order valence-electron chi connectivity index (χ0n) is 9.48. The van der Waals surface area contributed by atoms with E-state index in [0.29, 0.717) is 6.61 Å². The average molecular weight is 215 g/mol. The van der Waals surface area contributed by atoms with Crippen molar-refractivity contribution >= 4 is 0 Å². The third-order valence-electron chi connectivity index (χ3n) is 3.22. The van der Waals surface area contributed by atoms with Crippen LogP contribution >= 0.6 is 0 Å². The number of rotatable bonds is 4. The Morgan fingerprint density at radius 1 is 1.25 bits per heavy atom. The third kappa shape index (κ3) is 2.84. The molecule has 16 heavy (non-hydrogen) atoms. The van der Waals surface area contributed by atoms with Gasteiger partial charge in [0.15, 0.2) is 0 Å². The molecule has 0 radical (unpaired) electrons. The van der Waals surface area contributed by atoms with Crippen LogP contribution in [0.3, 0.4) is 0 Å². The van der Waals surface area contributed by atoms with E-state index in [1.54, 1.807) is 0 Å².